The zero-order valence-electron chi connectivity index (χ0n) is 19.2. The van der Waals surface area contributed by atoms with Crippen LogP contribution in [0, 0.1) is 5.92 Å². The smallest absolute Gasteiger partial charge is 0.242 e. The van der Waals surface area contributed by atoms with Gasteiger partial charge in [-0.25, -0.2) is 4.98 Å². The molecular weight excluding hydrogens is 450 g/mol. The molecule has 3 aromatic rings. The number of anilines is 1. The predicted octanol–water partition coefficient (Wildman–Crippen LogP) is 3.33. The second-order valence-corrected chi connectivity index (χ2v) is 9.75. The number of ether oxygens (including phenoxy) is 1. The molecule has 9 heteroatoms. The Morgan fingerprint density at radius 3 is 3.03 bits per heavy atom. The van der Waals surface area contributed by atoms with Gasteiger partial charge in [-0.05, 0) is 42.0 Å². The number of carbonyl (C=O) groups is 2. The first-order chi connectivity index (χ1) is 16.6. The van der Waals surface area contributed by atoms with Crippen LogP contribution in [0.25, 0.3) is 0 Å². The topological polar surface area (TPSA) is 88.8 Å². The van der Waals surface area contributed by atoms with Crippen LogP contribution >= 0.6 is 11.3 Å². The molecule has 2 amide bonds. The van der Waals surface area contributed by atoms with Crippen LogP contribution in [0.1, 0.15) is 33.9 Å². The number of aliphatic imine (C=N–C) groups is 1. The van der Waals surface area contributed by atoms with Gasteiger partial charge < -0.3 is 19.5 Å². The third-order valence-corrected chi connectivity index (χ3v) is 7.62. The van der Waals surface area contributed by atoms with E-state index >= 15 is 0 Å². The van der Waals surface area contributed by atoms with Gasteiger partial charge in [0.2, 0.25) is 11.8 Å². The van der Waals surface area contributed by atoms with Gasteiger partial charge in [-0.3, -0.25) is 14.6 Å². The maximum Gasteiger partial charge on any atom is 0.242 e. The molecule has 1 N–H and O–H groups in total. The fourth-order valence-electron chi connectivity index (χ4n) is 4.57. The number of rotatable bonds is 7. The molecule has 1 aromatic carbocycles. The first-order valence-corrected chi connectivity index (χ1v) is 12.1. The highest BCUT2D eigenvalue weighted by molar-refractivity contribution is 7.17. The van der Waals surface area contributed by atoms with Gasteiger partial charge >= 0.3 is 0 Å². The lowest BCUT2D eigenvalue weighted by atomic mass is 10.0. The summed E-state index contributed by atoms with van der Waals surface area (Å²) < 4.78 is 7.10. The zero-order chi connectivity index (χ0) is 23.7. The van der Waals surface area contributed by atoms with Gasteiger partial charge in [0.25, 0.3) is 0 Å². The third kappa shape index (κ3) is 4.48. The molecule has 5 rings (SSSR count). The Morgan fingerprint density at radius 1 is 1.38 bits per heavy atom. The molecule has 0 radical (unpaired) electrons. The van der Waals surface area contributed by atoms with E-state index in [4.69, 9.17) is 4.74 Å². The Morgan fingerprint density at radius 2 is 2.26 bits per heavy atom. The van der Waals surface area contributed by atoms with Crippen molar-refractivity contribution >= 4 is 34.4 Å². The summed E-state index contributed by atoms with van der Waals surface area (Å²) in [6.45, 7) is 1.47. The molecule has 1 saturated carbocycles. The van der Waals surface area contributed by atoms with E-state index in [-0.39, 0.29) is 30.2 Å². The number of benzene rings is 1. The summed E-state index contributed by atoms with van der Waals surface area (Å²) in [7, 11) is 3.39. The number of methoxy groups -OCH3 is 1. The van der Waals surface area contributed by atoms with Crippen LogP contribution in [0.2, 0.25) is 0 Å². The Kier molecular flexibility index (Phi) is 6.19. The largest absolute Gasteiger partial charge is 0.497 e. The predicted molar refractivity (Wildman–Crippen MR) is 132 cm³/mol. The molecule has 2 aromatic heterocycles. The first-order valence-electron chi connectivity index (χ1n) is 11.3. The standard InChI is InChI=1S/C25H27N5O3S/c1-26-12-21-18-6-8-30(23(31)14-29-9-7-27-15-29)13-22(18)34-25(21)28-24(32)20-11-19(20)16-4-3-5-17(10-16)33-2/h3-5,7,9-10,12,15,19-20H,6,8,11,13-14H2,1-2H3,(H,28,32). The maximum absolute atomic E-state index is 13.1. The second-order valence-electron chi connectivity index (χ2n) is 8.65. The van der Waals surface area contributed by atoms with Crippen molar-refractivity contribution in [2.24, 2.45) is 10.9 Å². The molecule has 1 fully saturated rings. The number of thiophene rings is 1. The van der Waals surface area contributed by atoms with Crippen molar-refractivity contribution in [3.8, 4) is 5.75 Å². The van der Waals surface area contributed by atoms with Crippen molar-refractivity contribution < 1.29 is 14.3 Å². The summed E-state index contributed by atoms with van der Waals surface area (Å²) in [5.74, 6) is 1.07. The average Bonchev–Trinajstić information content (AvgIpc) is 3.37. The van der Waals surface area contributed by atoms with E-state index in [1.54, 1.807) is 48.8 Å². The van der Waals surface area contributed by atoms with E-state index in [1.807, 2.05) is 29.3 Å². The lowest BCUT2D eigenvalue weighted by Gasteiger charge is -2.27. The van der Waals surface area contributed by atoms with Crippen LogP contribution in [0.4, 0.5) is 5.00 Å². The molecule has 0 spiro atoms. The summed E-state index contributed by atoms with van der Waals surface area (Å²) >= 11 is 1.55. The van der Waals surface area contributed by atoms with Gasteiger partial charge in [0, 0.05) is 48.6 Å². The number of nitrogens with one attached hydrogen (secondary N) is 1. The van der Waals surface area contributed by atoms with Gasteiger partial charge in [-0.2, -0.15) is 0 Å². The van der Waals surface area contributed by atoms with Gasteiger partial charge in [0.05, 0.1) is 20.0 Å². The van der Waals surface area contributed by atoms with Gasteiger partial charge in [0.1, 0.15) is 17.3 Å². The maximum atomic E-state index is 13.1. The minimum Gasteiger partial charge on any atom is -0.497 e. The van der Waals surface area contributed by atoms with E-state index in [9.17, 15) is 9.59 Å². The highest BCUT2D eigenvalue weighted by Gasteiger charge is 2.44. The van der Waals surface area contributed by atoms with Crippen LogP contribution in [0.15, 0.2) is 48.0 Å². The Hall–Kier alpha value is -3.46. The van der Waals surface area contributed by atoms with E-state index in [1.165, 1.54) is 5.56 Å². The molecule has 1 aliphatic heterocycles. The SMILES string of the molecule is CN=Cc1c(NC(=O)C2CC2c2cccc(OC)c2)sc2c1CCN(C(=O)Cn1ccnc1)C2. The average molecular weight is 478 g/mol. The van der Waals surface area contributed by atoms with Crippen molar-refractivity contribution in [3.63, 3.8) is 0 Å². The van der Waals surface area contributed by atoms with Crippen molar-refractivity contribution in [2.45, 2.75) is 31.8 Å². The molecule has 8 nitrogen and oxygen atoms in total. The Labute approximate surface area is 202 Å². The first kappa shape index (κ1) is 22.3. The number of hydrogen-bond donors (Lipinski definition) is 1. The van der Waals surface area contributed by atoms with Gasteiger partial charge in [-0.1, -0.05) is 12.1 Å². The Balaban J connectivity index is 1.29. The lowest BCUT2D eigenvalue weighted by Crippen LogP contribution is -2.37. The van der Waals surface area contributed by atoms with Crippen LogP contribution in [-0.4, -0.2) is 53.2 Å². The molecule has 176 valence electrons. The summed E-state index contributed by atoms with van der Waals surface area (Å²) in [5, 5.41) is 3.98. The van der Waals surface area contributed by atoms with Crippen LogP contribution in [0.3, 0.4) is 0 Å². The highest BCUT2D eigenvalue weighted by atomic mass is 32.1. The second kappa shape index (κ2) is 9.42. The van der Waals surface area contributed by atoms with E-state index < -0.39 is 0 Å². The Bertz CT molecular complexity index is 1230. The van der Waals surface area contributed by atoms with E-state index in [0.29, 0.717) is 13.1 Å². The van der Waals surface area contributed by atoms with Crippen molar-refractivity contribution in [2.75, 3.05) is 26.0 Å². The number of imidazole rings is 1. The molecule has 34 heavy (non-hydrogen) atoms. The molecule has 1 aliphatic carbocycles. The minimum absolute atomic E-state index is 0.0326. The summed E-state index contributed by atoms with van der Waals surface area (Å²) in [5.41, 5.74) is 3.28. The molecular formula is C25H27N5O3S. The normalized spacial score (nSPS) is 19.2. The zero-order valence-corrected chi connectivity index (χ0v) is 20.0. The number of amides is 2. The fourth-order valence-corrected chi connectivity index (χ4v) is 5.81. The molecule has 2 aliphatic rings. The van der Waals surface area contributed by atoms with Crippen molar-refractivity contribution in [1.29, 1.82) is 0 Å². The third-order valence-electron chi connectivity index (χ3n) is 6.47. The summed E-state index contributed by atoms with van der Waals surface area (Å²) in [6, 6.07) is 7.93. The van der Waals surface area contributed by atoms with Crippen LogP contribution < -0.4 is 10.1 Å². The van der Waals surface area contributed by atoms with Crippen LogP contribution in [-0.2, 0) is 29.1 Å². The van der Waals surface area contributed by atoms with Crippen LogP contribution in [0.5, 0.6) is 5.75 Å². The fraction of sp³-hybridized carbons (Fsp3) is 0.360. The number of hydrogen-bond acceptors (Lipinski definition) is 6. The molecule has 3 heterocycles. The van der Waals surface area contributed by atoms with E-state index in [2.05, 4.69) is 21.4 Å². The number of aromatic nitrogens is 2. The quantitative estimate of drug-likeness (QED) is 0.529. The van der Waals surface area contributed by atoms with Crippen molar-refractivity contribution in [1.82, 2.24) is 14.5 Å². The highest BCUT2D eigenvalue weighted by Crippen LogP contribution is 2.49. The monoisotopic (exact) mass is 477 g/mol. The summed E-state index contributed by atoms with van der Waals surface area (Å²) in [6.07, 6.45) is 8.51. The number of fused-ring (bicyclic) bond motifs is 1. The van der Waals surface area contributed by atoms with Crippen molar-refractivity contribution in [3.05, 3.63) is 64.6 Å². The molecule has 0 bridgehead atoms. The molecule has 2 unspecified atom stereocenters. The molecule has 2 atom stereocenters. The lowest BCUT2D eigenvalue weighted by molar-refractivity contribution is -0.132. The van der Waals surface area contributed by atoms with Gasteiger partial charge in [0.15, 0.2) is 0 Å². The summed E-state index contributed by atoms with van der Waals surface area (Å²) in [4.78, 5) is 37.1. The van der Waals surface area contributed by atoms with E-state index in [0.717, 1.165) is 39.6 Å². The number of nitrogens with zero attached hydrogens (tertiary/aromatic N) is 4. The number of carbonyl (C=O) groups excluding carboxylic acids is 2. The van der Waals surface area contributed by atoms with Gasteiger partial charge in [-0.15, -0.1) is 11.3 Å². The molecule has 0 saturated heterocycles. The minimum atomic E-state index is -0.0501.